The molecule has 0 aliphatic rings. The van der Waals surface area contributed by atoms with Crippen molar-refractivity contribution in [2.45, 2.75) is 13.3 Å². The third-order valence-corrected chi connectivity index (χ3v) is 6.09. The van der Waals surface area contributed by atoms with Crippen molar-refractivity contribution in [3.8, 4) is 16.9 Å². The molecule has 2 N–H and O–H groups in total. The van der Waals surface area contributed by atoms with Gasteiger partial charge in [-0.1, -0.05) is 30.3 Å². The van der Waals surface area contributed by atoms with E-state index in [1.807, 2.05) is 19.1 Å². The van der Waals surface area contributed by atoms with Gasteiger partial charge in [0.15, 0.2) is 0 Å². The summed E-state index contributed by atoms with van der Waals surface area (Å²) in [5, 5.41) is 8.04. The number of thiophene rings is 1. The normalized spacial score (nSPS) is 11.2. The van der Waals surface area contributed by atoms with Gasteiger partial charge in [0, 0.05) is 34.6 Å². The molecule has 0 atom stereocenters. The van der Waals surface area contributed by atoms with E-state index in [4.69, 9.17) is 4.74 Å². The lowest BCUT2D eigenvalue weighted by molar-refractivity contribution is 0.340. The maximum atomic E-state index is 5.57. The highest BCUT2D eigenvalue weighted by Gasteiger charge is 2.13. The molecule has 3 aromatic heterocycles. The molecule has 5 aromatic rings. The fraction of sp³-hybridized carbons (Fsp3) is 0.167. The van der Waals surface area contributed by atoms with Crippen LogP contribution in [0.1, 0.15) is 12.5 Å². The SMILES string of the molecule is CCOc1ccc(-c2csc3ncnc(NCCc4c[nH]c5ccccc45)c23)cc1. The Kier molecular flexibility index (Phi) is 5.07. The number of aromatic amines is 1. The van der Waals surface area contributed by atoms with Crippen LogP contribution < -0.4 is 10.1 Å². The van der Waals surface area contributed by atoms with Gasteiger partial charge in [-0.15, -0.1) is 11.3 Å². The molecule has 30 heavy (non-hydrogen) atoms. The molecule has 0 radical (unpaired) electrons. The molecule has 0 fully saturated rings. The van der Waals surface area contributed by atoms with Gasteiger partial charge in [0.1, 0.15) is 22.7 Å². The van der Waals surface area contributed by atoms with E-state index in [-0.39, 0.29) is 0 Å². The van der Waals surface area contributed by atoms with E-state index < -0.39 is 0 Å². The van der Waals surface area contributed by atoms with Crippen molar-refractivity contribution in [1.29, 1.82) is 0 Å². The zero-order chi connectivity index (χ0) is 20.3. The smallest absolute Gasteiger partial charge is 0.138 e. The van der Waals surface area contributed by atoms with Crippen LogP contribution in [0.25, 0.3) is 32.2 Å². The minimum Gasteiger partial charge on any atom is -0.494 e. The Morgan fingerprint density at radius 2 is 1.93 bits per heavy atom. The summed E-state index contributed by atoms with van der Waals surface area (Å²) in [4.78, 5) is 13.4. The molecule has 0 spiro atoms. The summed E-state index contributed by atoms with van der Waals surface area (Å²) >= 11 is 1.64. The molecule has 0 saturated heterocycles. The Bertz CT molecular complexity index is 1290. The first-order valence-corrected chi connectivity index (χ1v) is 11.0. The minimum atomic E-state index is 0.666. The first-order chi connectivity index (χ1) is 14.8. The maximum Gasteiger partial charge on any atom is 0.138 e. The van der Waals surface area contributed by atoms with Crippen molar-refractivity contribution >= 4 is 38.3 Å². The lowest BCUT2D eigenvalue weighted by Crippen LogP contribution is -2.06. The molecule has 0 unspecified atom stereocenters. The Morgan fingerprint density at radius 3 is 2.80 bits per heavy atom. The molecule has 2 aromatic carbocycles. The maximum absolute atomic E-state index is 5.57. The number of nitrogens with zero attached hydrogens (tertiary/aromatic N) is 2. The molecular weight excluding hydrogens is 392 g/mol. The highest BCUT2D eigenvalue weighted by molar-refractivity contribution is 7.17. The highest BCUT2D eigenvalue weighted by Crippen LogP contribution is 2.37. The second-order valence-electron chi connectivity index (χ2n) is 7.05. The predicted molar refractivity (Wildman–Crippen MR) is 125 cm³/mol. The number of H-pyrrole nitrogens is 1. The van der Waals surface area contributed by atoms with E-state index in [2.05, 4.69) is 68.2 Å². The lowest BCUT2D eigenvalue weighted by Gasteiger charge is -2.09. The van der Waals surface area contributed by atoms with E-state index in [1.165, 1.54) is 16.5 Å². The molecular formula is C24H22N4OS. The number of fused-ring (bicyclic) bond motifs is 2. The van der Waals surface area contributed by atoms with Gasteiger partial charge in [-0.05, 0) is 42.7 Å². The van der Waals surface area contributed by atoms with Gasteiger partial charge in [0.05, 0.1) is 12.0 Å². The number of benzene rings is 2. The highest BCUT2D eigenvalue weighted by atomic mass is 32.1. The monoisotopic (exact) mass is 414 g/mol. The van der Waals surface area contributed by atoms with Crippen molar-refractivity contribution in [1.82, 2.24) is 15.0 Å². The van der Waals surface area contributed by atoms with Crippen LogP contribution in [0.3, 0.4) is 0 Å². The summed E-state index contributed by atoms with van der Waals surface area (Å²) in [6.45, 7) is 3.46. The molecule has 3 heterocycles. The van der Waals surface area contributed by atoms with Crippen LogP contribution in [-0.4, -0.2) is 28.1 Å². The van der Waals surface area contributed by atoms with Crippen LogP contribution in [0, 0.1) is 0 Å². The second-order valence-corrected chi connectivity index (χ2v) is 7.90. The van der Waals surface area contributed by atoms with Crippen LogP contribution in [-0.2, 0) is 6.42 Å². The lowest BCUT2D eigenvalue weighted by atomic mass is 10.1. The molecule has 0 amide bonds. The van der Waals surface area contributed by atoms with Crippen LogP contribution >= 0.6 is 11.3 Å². The average molecular weight is 415 g/mol. The van der Waals surface area contributed by atoms with Gasteiger partial charge < -0.3 is 15.0 Å². The Morgan fingerprint density at radius 1 is 1.07 bits per heavy atom. The number of aromatic nitrogens is 3. The number of rotatable bonds is 7. The van der Waals surface area contributed by atoms with Crippen LogP contribution in [0.5, 0.6) is 5.75 Å². The van der Waals surface area contributed by atoms with Crippen molar-refractivity contribution in [2.75, 3.05) is 18.5 Å². The topological polar surface area (TPSA) is 62.8 Å². The second kappa shape index (κ2) is 8.16. The van der Waals surface area contributed by atoms with E-state index in [0.29, 0.717) is 6.61 Å². The average Bonchev–Trinajstić information content (AvgIpc) is 3.40. The van der Waals surface area contributed by atoms with E-state index in [0.717, 1.165) is 45.9 Å². The molecule has 0 aliphatic heterocycles. The van der Waals surface area contributed by atoms with Gasteiger partial charge in [0.2, 0.25) is 0 Å². The van der Waals surface area contributed by atoms with Gasteiger partial charge in [-0.2, -0.15) is 0 Å². The number of anilines is 1. The third-order valence-electron chi connectivity index (χ3n) is 5.21. The minimum absolute atomic E-state index is 0.666. The zero-order valence-corrected chi connectivity index (χ0v) is 17.5. The largest absolute Gasteiger partial charge is 0.494 e. The molecule has 5 rings (SSSR count). The van der Waals surface area contributed by atoms with Gasteiger partial charge >= 0.3 is 0 Å². The first kappa shape index (κ1) is 18.6. The number of hydrogen-bond acceptors (Lipinski definition) is 5. The van der Waals surface area contributed by atoms with E-state index in [9.17, 15) is 0 Å². The van der Waals surface area contributed by atoms with Crippen molar-refractivity contribution in [3.63, 3.8) is 0 Å². The van der Waals surface area contributed by atoms with Crippen molar-refractivity contribution in [3.05, 3.63) is 72.0 Å². The zero-order valence-electron chi connectivity index (χ0n) is 16.7. The molecule has 6 heteroatoms. The first-order valence-electron chi connectivity index (χ1n) is 10.1. The number of nitrogens with one attached hydrogen (secondary N) is 2. The van der Waals surface area contributed by atoms with Gasteiger partial charge in [-0.3, -0.25) is 0 Å². The number of ether oxygens (including phenoxy) is 1. The van der Waals surface area contributed by atoms with Crippen LogP contribution in [0.4, 0.5) is 5.82 Å². The van der Waals surface area contributed by atoms with Crippen LogP contribution in [0.2, 0.25) is 0 Å². The molecule has 0 bridgehead atoms. The molecule has 0 aliphatic carbocycles. The third kappa shape index (κ3) is 3.50. The van der Waals surface area contributed by atoms with E-state index in [1.54, 1.807) is 17.7 Å². The summed E-state index contributed by atoms with van der Waals surface area (Å²) in [7, 11) is 0. The summed E-state index contributed by atoms with van der Waals surface area (Å²) in [5.74, 6) is 1.76. The van der Waals surface area contributed by atoms with Crippen LogP contribution in [0.15, 0.2) is 66.4 Å². The summed E-state index contributed by atoms with van der Waals surface area (Å²) in [5.41, 5.74) is 4.76. The van der Waals surface area contributed by atoms with Gasteiger partial charge in [0.25, 0.3) is 0 Å². The van der Waals surface area contributed by atoms with Crippen molar-refractivity contribution < 1.29 is 4.74 Å². The standard InChI is InChI=1S/C24H22N4OS/c1-2-29-18-9-7-16(8-10-18)20-14-30-24-22(20)23(27-15-28-24)25-12-11-17-13-26-21-6-4-3-5-19(17)21/h3-10,13-15,26H,2,11-12H2,1H3,(H,25,27,28). The fourth-order valence-electron chi connectivity index (χ4n) is 3.77. The molecule has 150 valence electrons. The van der Waals surface area contributed by atoms with E-state index >= 15 is 0 Å². The summed E-state index contributed by atoms with van der Waals surface area (Å²) in [6.07, 6.45) is 4.64. The van der Waals surface area contributed by atoms with Crippen molar-refractivity contribution in [2.24, 2.45) is 0 Å². The Balaban J connectivity index is 1.40. The number of hydrogen-bond donors (Lipinski definition) is 2. The number of para-hydroxylation sites is 1. The fourth-order valence-corrected chi connectivity index (χ4v) is 4.69. The Labute approximate surface area is 178 Å². The summed E-state index contributed by atoms with van der Waals surface area (Å²) in [6, 6.07) is 16.6. The van der Waals surface area contributed by atoms with Gasteiger partial charge in [-0.25, -0.2) is 9.97 Å². The Hall–Kier alpha value is -3.38. The summed E-state index contributed by atoms with van der Waals surface area (Å²) < 4.78 is 5.57. The molecule has 0 saturated carbocycles. The predicted octanol–water partition coefficient (Wildman–Crippen LogP) is 5.89. The quantitative estimate of drug-likeness (QED) is 0.348. The molecule has 5 nitrogen and oxygen atoms in total.